The zero-order valence-corrected chi connectivity index (χ0v) is 28.4. The minimum Gasteiger partial charge on any atom is -0.469 e. The molecule has 0 aliphatic heterocycles. The monoisotopic (exact) mass is 602 g/mol. The highest BCUT2D eigenvalue weighted by molar-refractivity contribution is 5.96. The minimum atomic E-state index is -0.571. The summed E-state index contributed by atoms with van der Waals surface area (Å²) in [5.41, 5.74) is 1.13. The second-order valence-corrected chi connectivity index (χ2v) is 17.3. The molecule has 0 heterocycles. The number of hydrogen-bond donors (Lipinski definition) is 0. The van der Waals surface area contributed by atoms with Gasteiger partial charge in [0.1, 0.15) is 6.61 Å². The number of allylic oxidation sites excluding steroid dienone is 2. The minimum absolute atomic E-state index is 0.0736. The molecule has 5 aliphatic rings. The first-order valence-corrected chi connectivity index (χ1v) is 17.1. The Hall–Kier alpha value is -2.43. The summed E-state index contributed by atoms with van der Waals surface area (Å²) in [4.78, 5) is 41.2. The maximum Gasteiger partial charge on any atom is 0.312 e. The first-order valence-electron chi connectivity index (χ1n) is 17.1. The van der Waals surface area contributed by atoms with Gasteiger partial charge in [0.15, 0.2) is 5.78 Å². The van der Waals surface area contributed by atoms with Crippen LogP contribution in [-0.2, 0) is 30.5 Å². The second-order valence-electron chi connectivity index (χ2n) is 17.3. The number of benzene rings is 1. The number of fused-ring (bicyclic) bond motifs is 7. The van der Waals surface area contributed by atoms with Gasteiger partial charge in [0.05, 0.1) is 18.4 Å². The Labute approximate surface area is 264 Å². The van der Waals surface area contributed by atoms with E-state index in [0.29, 0.717) is 6.61 Å². The zero-order valence-electron chi connectivity index (χ0n) is 28.4. The van der Waals surface area contributed by atoms with E-state index in [4.69, 9.17) is 9.47 Å². The Morgan fingerprint density at radius 1 is 0.864 bits per heavy atom. The number of carbonyl (C=O) groups excluding carboxylic acids is 3. The maximum absolute atomic E-state index is 14.6. The highest BCUT2D eigenvalue weighted by atomic mass is 16.5. The van der Waals surface area contributed by atoms with Crippen LogP contribution in [0.15, 0.2) is 42.0 Å². The molecule has 0 spiro atoms. The van der Waals surface area contributed by atoms with Crippen LogP contribution in [0.3, 0.4) is 0 Å². The lowest BCUT2D eigenvalue weighted by Crippen LogP contribution is -2.66. The summed E-state index contributed by atoms with van der Waals surface area (Å²) in [7, 11) is 1.50. The van der Waals surface area contributed by atoms with E-state index in [1.165, 1.54) is 12.7 Å². The lowest BCUT2D eigenvalue weighted by molar-refractivity contribution is -0.199. The Morgan fingerprint density at radius 3 is 2.23 bits per heavy atom. The molecule has 4 saturated carbocycles. The molecule has 6 rings (SSSR count). The van der Waals surface area contributed by atoms with Crippen LogP contribution in [0.2, 0.25) is 0 Å². The van der Waals surface area contributed by atoms with Crippen molar-refractivity contribution in [3.8, 4) is 0 Å². The highest BCUT2D eigenvalue weighted by Gasteiger charge is 2.70. The maximum atomic E-state index is 14.6. The molecule has 0 radical (unpaired) electrons. The van der Waals surface area contributed by atoms with Gasteiger partial charge in [-0.15, -0.1) is 0 Å². The predicted molar refractivity (Wildman–Crippen MR) is 171 cm³/mol. The number of rotatable bonds is 4. The Kier molecular flexibility index (Phi) is 7.38. The average molecular weight is 603 g/mol. The van der Waals surface area contributed by atoms with Gasteiger partial charge in [0.25, 0.3) is 0 Å². The summed E-state index contributed by atoms with van der Waals surface area (Å²) >= 11 is 0. The third-order valence-corrected chi connectivity index (χ3v) is 14.8. The molecule has 0 bridgehead atoms. The van der Waals surface area contributed by atoms with Crippen LogP contribution in [0.1, 0.15) is 112 Å². The molecule has 1 aromatic carbocycles. The van der Waals surface area contributed by atoms with Gasteiger partial charge < -0.3 is 9.47 Å². The van der Waals surface area contributed by atoms with Crippen molar-refractivity contribution in [2.24, 2.45) is 56.2 Å². The van der Waals surface area contributed by atoms with Crippen LogP contribution >= 0.6 is 0 Å². The predicted octanol–water partition coefficient (Wildman–Crippen LogP) is 8.50. The summed E-state index contributed by atoms with van der Waals surface area (Å²) in [5.74, 6) is 0.317. The summed E-state index contributed by atoms with van der Waals surface area (Å²) in [6.07, 6.45) is 10.4. The highest BCUT2D eigenvalue weighted by Crippen LogP contribution is 2.75. The molecule has 44 heavy (non-hydrogen) atoms. The third-order valence-electron chi connectivity index (χ3n) is 14.8. The van der Waals surface area contributed by atoms with Crippen molar-refractivity contribution in [3.63, 3.8) is 0 Å². The Bertz CT molecular complexity index is 1380. The quantitative estimate of drug-likeness (QED) is 0.323. The summed E-state index contributed by atoms with van der Waals surface area (Å²) in [6, 6.07) is 9.90. The molecule has 4 fully saturated rings. The van der Waals surface area contributed by atoms with Crippen molar-refractivity contribution < 1.29 is 23.9 Å². The standard InChI is InChI=1S/C39H54O5/c1-34(2)26(32(41)43-8)14-16-37(5)30(34)15-17-39(7)31(37)29(40)22-27-28-23-36(4,19-18-35(28,3)20-21-38(27,39)6)33(42)44-24-25-12-10-9-11-13-25/h9-13,22,26,28,30-31H,14-21,23-24H2,1-8H3/t26-,28?,30?,31?,35-,36+,37+,38-,39-/m1/s1. The van der Waals surface area contributed by atoms with E-state index in [2.05, 4.69) is 54.5 Å². The molecule has 5 aliphatic carbocycles. The summed E-state index contributed by atoms with van der Waals surface area (Å²) in [5, 5.41) is 0. The van der Waals surface area contributed by atoms with E-state index in [-0.39, 0.29) is 68.5 Å². The van der Waals surface area contributed by atoms with Gasteiger partial charge >= 0.3 is 11.9 Å². The number of esters is 2. The van der Waals surface area contributed by atoms with E-state index in [0.717, 1.165) is 63.4 Å². The fourth-order valence-electron chi connectivity index (χ4n) is 11.8. The number of ether oxygens (including phenoxy) is 2. The summed E-state index contributed by atoms with van der Waals surface area (Å²) < 4.78 is 11.2. The van der Waals surface area contributed by atoms with E-state index in [9.17, 15) is 14.4 Å². The molecule has 5 heteroatoms. The molecule has 0 saturated heterocycles. The number of methoxy groups -OCH3 is 1. The molecule has 0 N–H and O–H groups in total. The fourth-order valence-corrected chi connectivity index (χ4v) is 11.8. The van der Waals surface area contributed by atoms with Crippen LogP contribution in [0.4, 0.5) is 0 Å². The third kappa shape index (κ3) is 4.33. The molecule has 0 aromatic heterocycles. The molecule has 240 valence electrons. The lowest BCUT2D eigenvalue weighted by atomic mass is 9.33. The van der Waals surface area contributed by atoms with Gasteiger partial charge in [-0.05, 0) is 115 Å². The van der Waals surface area contributed by atoms with Crippen molar-refractivity contribution >= 4 is 17.7 Å². The molecular weight excluding hydrogens is 548 g/mol. The zero-order chi connectivity index (χ0) is 31.9. The fraction of sp³-hybridized carbons (Fsp3) is 0.718. The van der Waals surface area contributed by atoms with Crippen LogP contribution in [0.5, 0.6) is 0 Å². The number of carbonyl (C=O) groups is 3. The SMILES string of the molecule is COC(=O)[C@H]1CC[C@@]2(C)C(CC[C@]3(C)C2C(=O)C=C2C4C[C@@](C)(C(=O)OCc5ccccc5)CC[C@]4(C)CC[C@]23C)C1(C)C. The second kappa shape index (κ2) is 10.3. The van der Waals surface area contributed by atoms with Crippen molar-refractivity contribution in [1.82, 2.24) is 0 Å². The first-order chi connectivity index (χ1) is 20.6. The molecule has 1 aromatic rings. The van der Waals surface area contributed by atoms with Gasteiger partial charge in [0.2, 0.25) is 0 Å². The van der Waals surface area contributed by atoms with Gasteiger partial charge in [-0.3, -0.25) is 14.4 Å². The normalized spacial score (nSPS) is 44.2. The number of hydrogen-bond acceptors (Lipinski definition) is 5. The molecule has 0 amide bonds. The lowest BCUT2D eigenvalue weighted by Gasteiger charge is -2.70. The Balaban J connectivity index is 1.33. The van der Waals surface area contributed by atoms with Crippen molar-refractivity contribution in [2.45, 2.75) is 113 Å². The van der Waals surface area contributed by atoms with E-state index >= 15 is 0 Å². The van der Waals surface area contributed by atoms with E-state index in [1.807, 2.05) is 30.3 Å². The van der Waals surface area contributed by atoms with Crippen LogP contribution in [0, 0.1) is 56.2 Å². The molecule has 3 unspecified atom stereocenters. The largest absolute Gasteiger partial charge is 0.469 e. The smallest absolute Gasteiger partial charge is 0.312 e. The van der Waals surface area contributed by atoms with E-state index < -0.39 is 5.41 Å². The van der Waals surface area contributed by atoms with E-state index in [1.54, 1.807) is 0 Å². The topological polar surface area (TPSA) is 69.7 Å². The summed E-state index contributed by atoms with van der Waals surface area (Å²) in [6.45, 7) is 16.5. The molecular formula is C39H54O5. The van der Waals surface area contributed by atoms with Crippen LogP contribution in [0.25, 0.3) is 0 Å². The van der Waals surface area contributed by atoms with Gasteiger partial charge in [0, 0.05) is 5.92 Å². The van der Waals surface area contributed by atoms with Crippen LogP contribution < -0.4 is 0 Å². The van der Waals surface area contributed by atoms with Crippen molar-refractivity contribution in [1.29, 1.82) is 0 Å². The number of ketones is 1. The van der Waals surface area contributed by atoms with Crippen LogP contribution in [-0.4, -0.2) is 24.8 Å². The van der Waals surface area contributed by atoms with Crippen molar-refractivity contribution in [2.75, 3.05) is 7.11 Å². The molecule has 5 nitrogen and oxygen atoms in total. The van der Waals surface area contributed by atoms with Crippen molar-refractivity contribution in [3.05, 3.63) is 47.5 Å². The van der Waals surface area contributed by atoms with Gasteiger partial charge in [-0.2, -0.15) is 0 Å². The first kappa shape index (κ1) is 31.5. The van der Waals surface area contributed by atoms with Gasteiger partial charge in [-0.25, -0.2) is 0 Å². The van der Waals surface area contributed by atoms with Gasteiger partial charge in [-0.1, -0.05) is 77.4 Å². The average Bonchev–Trinajstić information content (AvgIpc) is 2.97. The Morgan fingerprint density at radius 2 is 1.55 bits per heavy atom. The molecule has 9 atom stereocenters.